The number of hydrogen-bond donors (Lipinski definition) is 1. The summed E-state index contributed by atoms with van der Waals surface area (Å²) in [5.41, 5.74) is -1.96. The lowest BCUT2D eigenvalue weighted by Gasteiger charge is -2.42. The van der Waals surface area contributed by atoms with Crippen molar-refractivity contribution in [2.45, 2.75) is 114 Å². The van der Waals surface area contributed by atoms with E-state index < -0.39 is 41.1 Å². The molecule has 2 amide bonds. The van der Waals surface area contributed by atoms with Gasteiger partial charge in [0.2, 0.25) is 11.8 Å². The number of hydrogen-bond acceptors (Lipinski definition) is 6. The van der Waals surface area contributed by atoms with Crippen molar-refractivity contribution in [2.75, 3.05) is 19.8 Å². The molecule has 0 aromatic heterocycles. The summed E-state index contributed by atoms with van der Waals surface area (Å²) >= 11 is 0. The summed E-state index contributed by atoms with van der Waals surface area (Å²) < 4.78 is 12.5. The molecule has 218 valence electrons. The molecule has 2 unspecified atom stereocenters. The van der Waals surface area contributed by atoms with Gasteiger partial charge in [-0.2, -0.15) is 0 Å². The second-order valence-corrected chi connectivity index (χ2v) is 12.4. The zero-order valence-electron chi connectivity index (χ0n) is 24.1. The quantitative estimate of drug-likeness (QED) is 0.214. The van der Waals surface area contributed by atoms with Crippen LogP contribution in [-0.2, 0) is 23.9 Å². The maximum absolute atomic E-state index is 14.7. The summed E-state index contributed by atoms with van der Waals surface area (Å²) in [6.45, 7) is 14.0. The second kappa shape index (κ2) is 12.1. The predicted molar refractivity (Wildman–Crippen MR) is 149 cm³/mol. The van der Waals surface area contributed by atoms with E-state index in [1.807, 2.05) is 25.7 Å². The van der Waals surface area contributed by atoms with Crippen LogP contribution in [0.15, 0.2) is 25.3 Å². The summed E-state index contributed by atoms with van der Waals surface area (Å²) in [5, 5.41) is 10.5. The van der Waals surface area contributed by atoms with Gasteiger partial charge in [0.15, 0.2) is 0 Å². The molecule has 1 aliphatic carbocycles. The van der Waals surface area contributed by atoms with E-state index >= 15 is 0 Å². The number of aliphatic hydroxyl groups is 1. The Balaban J connectivity index is 1.79. The summed E-state index contributed by atoms with van der Waals surface area (Å²) in [7, 11) is 0. The van der Waals surface area contributed by atoms with Crippen LogP contribution in [0.2, 0.25) is 0 Å². The van der Waals surface area contributed by atoms with Crippen LogP contribution in [0.1, 0.15) is 85.0 Å². The first kappa shape index (κ1) is 29.8. The Morgan fingerprint density at radius 2 is 1.92 bits per heavy atom. The highest BCUT2D eigenvalue weighted by molar-refractivity contribution is 5.99. The van der Waals surface area contributed by atoms with E-state index in [0.717, 1.165) is 32.1 Å². The van der Waals surface area contributed by atoms with Crippen LogP contribution in [-0.4, -0.2) is 81.8 Å². The Kier molecular flexibility index (Phi) is 9.26. The van der Waals surface area contributed by atoms with Crippen molar-refractivity contribution in [1.29, 1.82) is 0 Å². The van der Waals surface area contributed by atoms with Gasteiger partial charge in [-0.3, -0.25) is 14.4 Å². The summed E-state index contributed by atoms with van der Waals surface area (Å²) in [6, 6.07) is -1.36. The molecule has 1 N–H and O–H groups in total. The van der Waals surface area contributed by atoms with Crippen LogP contribution < -0.4 is 0 Å². The molecule has 39 heavy (non-hydrogen) atoms. The first-order chi connectivity index (χ1) is 18.7. The number of rotatable bonds is 13. The molecule has 1 spiro atoms. The van der Waals surface area contributed by atoms with E-state index in [-0.39, 0.29) is 37.0 Å². The number of esters is 1. The summed E-state index contributed by atoms with van der Waals surface area (Å²) in [5.74, 6) is -2.25. The first-order valence-electron chi connectivity index (χ1n) is 15.0. The van der Waals surface area contributed by atoms with Crippen LogP contribution in [0, 0.1) is 17.8 Å². The van der Waals surface area contributed by atoms with Crippen molar-refractivity contribution in [3.8, 4) is 0 Å². The molecular formula is C31H48N2O6. The van der Waals surface area contributed by atoms with Gasteiger partial charge in [0.05, 0.1) is 30.8 Å². The molecule has 3 heterocycles. The average molecular weight is 545 g/mol. The SMILES string of the molecule is C=CCCOC(=O)[C@H]1[C@H]2C(=O)N([C@@H](CO)CC(C)C)C(C(=O)N(CC=C)C3CCCCC3)C23CC[C@]1(CC)O3. The lowest BCUT2D eigenvalue weighted by Crippen LogP contribution is -2.60. The number of carbonyl (C=O) groups is 3. The van der Waals surface area contributed by atoms with Crippen LogP contribution in [0.3, 0.4) is 0 Å². The number of ether oxygens (including phenoxy) is 2. The molecule has 8 nitrogen and oxygen atoms in total. The number of nitrogens with zero attached hydrogens (tertiary/aromatic N) is 2. The number of likely N-dealkylation sites (tertiary alicyclic amines) is 1. The predicted octanol–water partition coefficient (Wildman–Crippen LogP) is 4.01. The molecule has 0 radical (unpaired) electrons. The molecule has 4 fully saturated rings. The summed E-state index contributed by atoms with van der Waals surface area (Å²) in [4.78, 5) is 46.2. The molecule has 4 aliphatic rings. The average Bonchev–Trinajstić information content (AvgIpc) is 3.54. The Morgan fingerprint density at radius 3 is 2.51 bits per heavy atom. The third-order valence-electron chi connectivity index (χ3n) is 9.64. The number of amides is 2. The lowest BCUT2D eigenvalue weighted by atomic mass is 9.65. The Bertz CT molecular complexity index is 945. The summed E-state index contributed by atoms with van der Waals surface area (Å²) in [6.07, 6.45) is 11.3. The van der Waals surface area contributed by atoms with Gasteiger partial charge in [-0.25, -0.2) is 0 Å². The highest BCUT2D eigenvalue weighted by Crippen LogP contribution is 2.65. The monoisotopic (exact) mass is 544 g/mol. The molecule has 8 heteroatoms. The molecule has 3 saturated heterocycles. The van der Waals surface area contributed by atoms with Crippen LogP contribution in [0.25, 0.3) is 0 Å². The van der Waals surface area contributed by atoms with Crippen LogP contribution >= 0.6 is 0 Å². The molecule has 1 saturated carbocycles. The smallest absolute Gasteiger partial charge is 0.312 e. The van der Waals surface area contributed by atoms with E-state index in [2.05, 4.69) is 13.2 Å². The van der Waals surface area contributed by atoms with Crippen molar-refractivity contribution < 1.29 is 29.0 Å². The van der Waals surface area contributed by atoms with Gasteiger partial charge in [-0.15, -0.1) is 13.2 Å². The number of aliphatic hydroxyl groups excluding tert-OH is 1. The zero-order valence-corrected chi connectivity index (χ0v) is 24.1. The molecule has 0 aromatic rings. The van der Waals surface area contributed by atoms with Gasteiger partial charge in [0, 0.05) is 12.6 Å². The van der Waals surface area contributed by atoms with Crippen molar-refractivity contribution in [3.05, 3.63) is 25.3 Å². The molecule has 6 atom stereocenters. The lowest BCUT2D eigenvalue weighted by molar-refractivity contribution is -0.164. The zero-order chi connectivity index (χ0) is 28.4. The highest BCUT2D eigenvalue weighted by Gasteiger charge is 2.79. The number of fused-ring (bicyclic) bond motifs is 1. The van der Waals surface area contributed by atoms with Crippen LogP contribution in [0.4, 0.5) is 0 Å². The topological polar surface area (TPSA) is 96.4 Å². The molecule has 2 bridgehead atoms. The van der Waals surface area contributed by atoms with E-state index in [0.29, 0.717) is 38.6 Å². The Labute approximate surface area is 233 Å². The van der Waals surface area contributed by atoms with Gasteiger partial charge in [0.25, 0.3) is 0 Å². The largest absolute Gasteiger partial charge is 0.465 e. The maximum atomic E-state index is 14.7. The Hall–Kier alpha value is -2.19. The third-order valence-corrected chi connectivity index (χ3v) is 9.64. The standard InChI is InChI=1S/C31H48N2O6/c1-6-9-18-38-29(37)25-24-27(35)33(23(20-34)19-21(4)5)26(31(24)16-15-30(25,8-3)39-31)28(36)32(17-7-2)22-13-11-10-12-14-22/h6-7,21-26,34H,1-2,8-20H2,3-5H3/t23-,24+,25-,26?,30+,31?/m1/s1. The van der Waals surface area contributed by atoms with E-state index in [4.69, 9.17) is 9.47 Å². The molecular weight excluding hydrogens is 496 g/mol. The molecule has 3 aliphatic heterocycles. The fourth-order valence-corrected chi connectivity index (χ4v) is 7.95. The minimum absolute atomic E-state index is 0.0766. The fraction of sp³-hybridized carbons (Fsp3) is 0.774. The van der Waals surface area contributed by atoms with Crippen molar-refractivity contribution in [2.24, 2.45) is 17.8 Å². The Morgan fingerprint density at radius 1 is 1.21 bits per heavy atom. The van der Waals surface area contributed by atoms with E-state index in [9.17, 15) is 19.5 Å². The van der Waals surface area contributed by atoms with Crippen molar-refractivity contribution in [1.82, 2.24) is 9.80 Å². The van der Waals surface area contributed by atoms with Gasteiger partial charge in [-0.1, -0.05) is 52.2 Å². The van der Waals surface area contributed by atoms with Gasteiger partial charge >= 0.3 is 5.97 Å². The van der Waals surface area contributed by atoms with Gasteiger partial charge in [-0.05, 0) is 50.9 Å². The second-order valence-electron chi connectivity index (χ2n) is 12.4. The van der Waals surface area contributed by atoms with E-state index in [1.165, 1.54) is 0 Å². The first-order valence-corrected chi connectivity index (χ1v) is 15.0. The normalized spacial score (nSPS) is 32.8. The maximum Gasteiger partial charge on any atom is 0.312 e. The van der Waals surface area contributed by atoms with Gasteiger partial charge in [0.1, 0.15) is 17.6 Å². The van der Waals surface area contributed by atoms with Crippen molar-refractivity contribution >= 4 is 17.8 Å². The van der Waals surface area contributed by atoms with Crippen molar-refractivity contribution in [3.63, 3.8) is 0 Å². The third kappa shape index (κ3) is 5.08. The number of carbonyl (C=O) groups excluding carboxylic acids is 3. The van der Waals surface area contributed by atoms with E-state index in [1.54, 1.807) is 17.1 Å². The molecule has 4 rings (SSSR count). The van der Waals surface area contributed by atoms with Crippen LogP contribution in [0.5, 0.6) is 0 Å². The fourth-order valence-electron chi connectivity index (χ4n) is 7.95. The van der Waals surface area contributed by atoms with Gasteiger partial charge < -0.3 is 24.4 Å². The molecule has 0 aromatic carbocycles. The minimum atomic E-state index is -1.12. The highest BCUT2D eigenvalue weighted by atomic mass is 16.6. The minimum Gasteiger partial charge on any atom is -0.465 e.